The molecule has 0 unspecified atom stereocenters. The Kier molecular flexibility index (Phi) is 5.35. The van der Waals surface area contributed by atoms with Crippen molar-refractivity contribution < 1.29 is 4.79 Å². The fourth-order valence-corrected chi connectivity index (χ4v) is 3.87. The molecule has 1 aliphatic heterocycles. The number of thioether (sulfide) groups is 1. The predicted molar refractivity (Wildman–Crippen MR) is 103 cm³/mol. The molecule has 0 spiro atoms. The average Bonchev–Trinajstić information content (AvgIpc) is 3.37. The third-order valence-electron chi connectivity index (χ3n) is 4.31. The van der Waals surface area contributed by atoms with Crippen LogP contribution in [-0.4, -0.2) is 48.9 Å². The maximum atomic E-state index is 12.9. The molecule has 1 fully saturated rings. The van der Waals surface area contributed by atoms with Crippen LogP contribution in [0.5, 0.6) is 0 Å². The Bertz CT molecular complexity index is 925. The monoisotopic (exact) mass is 400 g/mol. The molecule has 0 aliphatic carbocycles. The standard InChI is InChI=1S/C18H17ClN6OS/c19-13-4-6-14(7-5-13)25-15(12-27-18-20-8-3-9-21-18)16(22-23-25)17(26)24-10-1-2-11-24/h3-9H,1-2,10-12H2. The molecule has 27 heavy (non-hydrogen) atoms. The minimum absolute atomic E-state index is 0.0720. The highest BCUT2D eigenvalue weighted by Gasteiger charge is 2.27. The van der Waals surface area contributed by atoms with Gasteiger partial charge in [-0.05, 0) is 43.2 Å². The number of benzene rings is 1. The third-order valence-corrected chi connectivity index (χ3v) is 5.45. The molecule has 0 bridgehead atoms. The van der Waals surface area contributed by atoms with E-state index in [1.807, 2.05) is 17.0 Å². The zero-order chi connectivity index (χ0) is 18.6. The smallest absolute Gasteiger partial charge is 0.276 e. The molecule has 9 heteroatoms. The zero-order valence-corrected chi connectivity index (χ0v) is 16.0. The van der Waals surface area contributed by atoms with Gasteiger partial charge in [-0.2, -0.15) is 0 Å². The molecule has 0 radical (unpaired) electrons. The number of rotatable bonds is 5. The summed E-state index contributed by atoms with van der Waals surface area (Å²) < 4.78 is 1.69. The maximum Gasteiger partial charge on any atom is 0.276 e. The lowest BCUT2D eigenvalue weighted by Crippen LogP contribution is -2.28. The van der Waals surface area contributed by atoms with Crippen molar-refractivity contribution in [2.75, 3.05) is 13.1 Å². The summed E-state index contributed by atoms with van der Waals surface area (Å²) in [6.07, 6.45) is 5.44. The summed E-state index contributed by atoms with van der Waals surface area (Å²) in [6.45, 7) is 1.53. The summed E-state index contributed by atoms with van der Waals surface area (Å²) in [6, 6.07) is 9.06. The molecule has 1 aromatic carbocycles. The number of halogens is 1. The normalized spacial score (nSPS) is 13.9. The zero-order valence-electron chi connectivity index (χ0n) is 14.5. The van der Waals surface area contributed by atoms with Gasteiger partial charge in [0.05, 0.1) is 11.4 Å². The number of amides is 1. The van der Waals surface area contributed by atoms with E-state index in [4.69, 9.17) is 11.6 Å². The van der Waals surface area contributed by atoms with E-state index in [1.54, 1.807) is 35.3 Å². The molecule has 7 nitrogen and oxygen atoms in total. The third kappa shape index (κ3) is 3.96. The van der Waals surface area contributed by atoms with Crippen LogP contribution in [0.25, 0.3) is 5.69 Å². The summed E-state index contributed by atoms with van der Waals surface area (Å²) in [5.74, 6) is 0.409. The summed E-state index contributed by atoms with van der Waals surface area (Å²) in [5.41, 5.74) is 1.92. The van der Waals surface area contributed by atoms with Gasteiger partial charge >= 0.3 is 0 Å². The summed E-state index contributed by atoms with van der Waals surface area (Å²) in [7, 11) is 0. The minimum Gasteiger partial charge on any atom is -0.337 e. The van der Waals surface area contributed by atoms with Crippen molar-refractivity contribution in [1.82, 2.24) is 29.9 Å². The topological polar surface area (TPSA) is 76.8 Å². The number of aromatic nitrogens is 5. The summed E-state index contributed by atoms with van der Waals surface area (Å²) in [5, 5.41) is 9.73. The average molecular weight is 401 g/mol. The van der Waals surface area contributed by atoms with Crippen molar-refractivity contribution in [3.05, 3.63) is 59.1 Å². The Hall–Kier alpha value is -2.45. The molecule has 0 atom stereocenters. The van der Waals surface area contributed by atoms with Crippen molar-refractivity contribution in [2.24, 2.45) is 0 Å². The quantitative estimate of drug-likeness (QED) is 0.483. The molecule has 0 saturated carbocycles. The lowest BCUT2D eigenvalue weighted by molar-refractivity contribution is 0.0786. The fraction of sp³-hybridized carbons (Fsp3) is 0.278. The predicted octanol–water partition coefficient (Wildman–Crippen LogP) is 3.24. The van der Waals surface area contributed by atoms with Gasteiger partial charge in [-0.1, -0.05) is 28.6 Å². The van der Waals surface area contributed by atoms with Gasteiger partial charge in [-0.3, -0.25) is 4.79 Å². The van der Waals surface area contributed by atoms with E-state index in [0.717, 1.165) is 37.3 Å². The molecule has 138 valence electrons. The van der Waals surface area contributed by atoms with Crippen LogP contribution in [0.4, 0.5) is 0 Å². The van der Waals surface area contributed by atoms with E-state index < -0.39 is 0 Å². The Morgan fingerprint density at radius 1 is 1.11 bits per heavy atom. The van der Waals surface area contributed by atoms with Gasteiger partial charge in [-0.25, -0.2) is 14.6 Å². The maximum absolute atomic E-state index is 12.9. The van der Waals surface area contributed by atoms with Gasteiger partial charge in [0, 0.05) is 36.3 Å². The van der Waals surface area contributed by atoms with Crippen LogP contribution < -0.4 is 0 Å². The van der Waals surface area contributed by atoms with Gasteiger partial charge < -0.3 is 4.90 Å². The molecular formula is C18H17ClN6OS. The Morgan fingerprint density at radius 3 is 2.52 bits per heavy atom. The number of carbonyl (C=O) groups excluding carboxylic acids is 1. The SMILES string of the molecule is O=C(c1nnn(-c2ccc(Cl)cc2)c1CSc1ncccn1)N1CCCC1. The first-order valence-corrected chi connectivity index (χ1v) is 9.98. The number of likely N-dealkylation sites (tertiary alicyclic amines) is 1. The first-order chi connectivity index (χ1) is 13.2. The highest BCUT2D eigenvalue weighted by Crippen LogP contribution is 2.25. The van der Waals surface area contributed by atoms with E-state index in [1.165, 1.54) is 11.8 Å². The first-order valence-electron chi connectivity index (χ1n) is 8.62. The Balaban J connectivity index is 1.68. The lowest BCUT2D eigenvalue weighted by Gasteiger charge is -2.14. The fourth-order valence-electron chi connectivity index (χ4n) is 2.95. The molecule has 1 aliphatic rings. The molecule has 0 N–H and O–H groups in total. The van der Waals surface area contributed by atoms with Crippen molar-refractivity contribution >= 4 is 29.3 Å². The van der Waals surface area contributed by atoms with E-state index in [0.29, 0.717) is 21.6 Å². The molecule has 3 aromatic rings. The molecule has 2 aromatic heterocycles. The van der Waals surface area contributed by atoms with Gasteiger partial charge in [-0.15, -0.1) is 5.10 Å². The van der Waals surface area contributed by atoms with Crippen LogP contribution in [0.15, 0.2) is 47.9 Å². The van der Waals surface area contributed by atoms with E-state index in [9.17, 15) is 4.79 Å². The highest BCUT2D eigenvalue weighted by atomic mass is 35.5. The number of nitrogens with zero attached hydrogens (tertiary/aromatic N) is 6. The Labute approximate surface area is 165 Å². The number of carbonyl (C=O) groups is 1. The molecule has 1 saturated heterocycles. The van der Waals surface area contributed by atoms with Gasteiger partial charge in [0.15, 0.2) is 10.9 Å². The molecular weight excluding hydrogens is 384 g/mol. The molecule has 1 amide bonds. The first kappa shape index (κ1) is 17.9. The van der Waals surface area contributed by atoms with Crippen molar-refractivity contribution in [3.63, 3.8) is 0 Å². The summed E-state index contributed by atoms with van der Waals surface area (Å²) in [4.78, 5) is 23.2. The molecule has 4 rings (SSSR count). The van der Waals surface area contributed by atoms with Gasteiger partial charge in [0.25, 0.3) is 5.91 Å². The second kappa shape index (κ2) is 8.06. The van der Waals surface area contributed by atoms with Crippen molar-refractivity contribution in [2.45, 2.75) is 23.8 Å². The van der Waals surface area contributed by atoms with E-state index in [-0.39, 0.29) is 5.91 Å². The van der Waals surface area contributed by atoms with E-state index >= 15 is 0 Å². The van der Waals surface area contributed by atoms with Crippen molar-refractivity contribution in [3.8, 4) is 5.69 Å². The summed E-state index contributed by atoms with van der Waals surface area (Å²) >= 11 is 7.44. The molecule has 3 heterocycles. The van der Waals surface area contributed by atoms with Crippen molar-refractivity contribution in [1.29, 1.82) is 0 Å². The van der Waals surface area contributed by atoms with E-state index in [2.05, 4.69) is 20.3 Å². The van der Waals surface area contributed by atoms with Crippen LogP contribution in [0.2, 0.25) is 5.02 Å². The highest BCUT2D eigenvalue weighted by molar-refractivity contribution is 7.98. The lowest BCUT2D eigenvalue weighted by atomic mass is 10.2. The number of hydrogen-bond donors (Lipinski definition) is 0. The largest absolute Gasteiger partial charge is 0.337 e. The second-order valence-corrected chi connectivity index (χ2v) is 7.47. The van der Waals surface area contributed by atoms with Crippen LogP contribution in [0.1, 0.15) is 29.0 Å². The number of hydrogen-bond acceptors (Lipinski definition) is 6. The van der Waals surface area contributed by atoms with Crippen LogP contribution in [0, 0.1) is 0 Å². The van der Waals surface area contributed by atoms with Gasteiger partial charge in [0.1, 0.15) is 0 Å². The van der Waals surface area contributed by atoms with Crippen LogP contribution in [0.3, 0.4) is 0 Å². The van der Waals surface area contributed by atoms with Crippen LogP contribution >= 0.6 is 23.4 Å². The second-order valence-electron chi connectivity index (χ2n) is 6.09. The van der Waals surface area contributed by atoms with Crippen LogP contribution in [-0.2, 0) is 5.75 Å². The van der Waals surface area contributed by atoms with Gasteiger partial charge in [0.2, 0.25) is 0 Å². The Morgan fingerprint density at radius 2 is 1.81 bits per heavy atom. The minimum atomic E-state index is -0.0720.